The van der Waals surface area contributed by atoms with Crippen LogP contribution in [-0.4, -0.2) is 48.8 Å². The first kappa shape index (κ1) is 13.3. The Bertz CT molecular complexity index is 222. The van der Waals surface area contributed by atoms with Gasteiger partial charge in [-0.25, -0.2) is 0 Å². The van der Waals surface area contributed by atoms with Crippen LogP contribution >= 0.6 is 0 Å². The fourth-order valence-electron chi connectivity index (χ4n) is 3.38. The first-order valence-electron chi connectivity index (χ1n) is 7.35. The largest absolute Gasteiger partial charge is 0.396 e. The van der Waals surface area contributed by atoms with Gasteiger partial charge in [-0.05, 0) is 45.2 Å². The van der Waals surface area contributed by atoms with Crippen molar-refractivity contribution in [3.8, 4) is 0 Å². The lowest BCUT2D eigenvalue weighted by atomic mass is 9.85. The smallest absolute Gasteiger partial charge is 0.0474 e. The average Bonchev–Trinajstić information content (AvgIpc) is 2.38. The standard InChI is InChI=1S/C14H28N2O/c1-16-9-5-4-7-13(16)10-15-14-8-3-2-6-12(14)11-17/h12-15,17H,2-11H2,1H3. The summed E-state index contributed by atoms with van der Waals surface area (Å²) in [6.45, 7) is 2.72. The van der Waals surface area contributed by atoms with Crippen LogP contribution in [0.4, 0.5) is 0 Å². The van der Waals surface area contributed by atoms with Crippen LogP contribution in [0.2, 0.25) is 0 Å². The molecule has 1 saturated carbocycles. The zero-order valence-electron chi connectivity index (χ0n) is 11.2. The molecule has 0 spiro atoms. The number of likely N-dealkylation sites (tertiary alicyclic amines) is 1. The lowest BCUT2D eigenvalue weighted by Crippen LogP contribution is -2.48. The van der Waals surface area contributed by atoms with Gasteiger partial charge in [0.05, 0.1) is 0 Å². The summed E-state index contributed by atoms with van der Waals surface area (Å²) in [7, 11) is 2.25. The molecule has 0 radical (unpaired) electrons. The zero-order chi connectivity index (χ0) is 12.1. The minimum absolute atomic E-state index is 0.359. The van der Waals surface area contributed by atoms with Gasteiger partial charge in [0.25, 0.3) is 0 Å². The van der Waals surface area contributed by atoms with E-state index in [0.717, 1.165) is 6.54 Å². The van der Waals surface area contributed by atoms with Gasteiger partial charge in [0.2, 0.25) is 0 Å². The van der Waals surface area contributed by atoms with Crippen molar-refractivity contribution in [1.82, 2.24) is 10.2 Å². The van der Waals surface area contributed by atoms with Gasteiger partial charge < -0.3 is 15.3 Å². The fourth-order valence-corrected chi connectivity index (χ4v) is 3.38. The quantitative estimate of drug-likeness (QED) is 0.784. The van der Waals surface area contributed by atoms with Gasteiger partial charge in [-0.1, -0.05) is 19.3 Å². The van der Waals surface area contributed by atoms with Gasteiger partial charge in [0.1, 0.15) is 0 Å². The highest BCUT2D eigenvalue weighted by molar-refractivity contribution is 4.84. The molecule has 2 N–H and O–H groups in total. The molecule has 1 aliphatic carbocycles. The molecule has 100 valence electrons. The lowest BCUT2D eigenvalue weighted by Gasteiger charge is -2.36. The Morgan fingerprint density at radius 2 is 1.88 bits per heavy atom. The molecule has 3 unspecified atom stereocenters. The van der Waals surface area contributed by atoms with E-state index >= 15 is 0 Å². The summed E-state index contributed by atoms with van der Waals surface area (Å²) in [5.74, 6) is 0.498. The second-order valence-electron chi connectivity index (χ2n) is 5.87. The van der Waals surface area contributed by atoms with E-state index in [1.807, 2.05) is 0 Å². The van der Waals surface area contributed by atoms with E-state index < -0.39 is 0 Å². The highest BCUT2D eigenvalue weighted by atomic mass is 16.3. The predicted molar refractivity (Wildman–Crippen MR) is 71.1 cm³/mol. The van der Waals surface area contributed by atoms with Gasteiger partial charge in [-0.2, -0.15) is 0 Å². The monoisotopic (exact) mass is 240 g/mol. The summed E-state index contributed by atoms with van der Waals surface area (Å²) in [5, 5.41) is 13.1. The fraction of sp³-hybridized carbons (Fsp3) is 1.00. The van der Waals surface area contributed by atoms with Crippen molar-refractivity contribution in [3.63, 3.8) is 0 Å². The first-order chi connectivity index (χ1) is 8.31. The van der Waals surface area contributed by atoms with Gasteiger partial charge >= 0.3 is 0 Å². The van der Waals surface area contributed by atoms with Crippen LogP contribution < -0.4 is 5.32 Å². The number of nitrogens with zero attached hydrogens (tertiary/aromatic N) is 1. The molecule has 0 amide bonds. The number of hydrogen-bond acceptors (Lipinski definition) is 3. The summed E-state index contributed by atoms with van der Waals surface area (Å²) in [6.07, 6.45) is 9.15. The van der Waals surface area contributed by atoms with Crippen LogP contribution in [0.3, 0.4) is 0 Å². The Hall–Kier alpha value is -0.120. The number of piperidine rings is 1. The van der Waals surface area contributed by atoms with E-state index in [9.17, 15) is 5.11 Å². The van der Waals surface area contributed by atoms with Crippen LogP contribution in [0, 0.1) is 5.92 Å². The van der Waals surface area contributed by atoms with Crippen molar-refractivity contribution >= 4 is 0 Å². The van der Waals surface area contributed by atoms with Crippen LogP contribution in [0.1, 0.15) is 44.9 Å². The summed E-state index contributed by atoms with van der Waals surface area (Å²) >= 11 is 0. The Labute approximate surface area is 106 Å². The molecule has 0 bridgehead atoms. The molecular weight excluding hydrogens is 212 g/mol. The Morgan fingerprint density at radius 3 is 2.65 bits per heavy atom. The maximum atomic E-state index is 9.40. The second-order valence-corrected chi connectivity index (χ2v) is 5.87. The molecule has 1 aliphatic heterocycles. The Morgan fingerprint density at radius 1 is 1.12 bits per heavy atom. The highest BCUT2D eigenvalue weighted by Gasteiger charge is 2.26. The molecule has 2 aliphatic rings. The molecule has 0 aromatic rings. The van der Waals surface area contributed by atoms with Crippen LogP contribution in [0.15, 0.2) is 0 Å². The summed E-state index contributed by atoms with van der Waals surface area (Å²) in [5.41, 5.74) is 0. The maximum absolute atomic E-state index is 9.40. The van der Waals surface area contributed by atoms with Crippen molar-refractivity contribution in [2.75, 3.05) is 26.7 Å². The van der Waals surface area contributed by atoms with E-state index in [1.54, 1.807) is 0 Å². The second kappa shape index (κ2) is 6.72. The van der Waals surface area contributed by atoms with E-state index in [1.165, 1.54) is 51.5 Å². The SMILES string of the molecule is CN1CCCCC1CNC1CCCCC1CO. The molecule has 1 heterocycles. The third-order valence-electron chi connectivity index (χ3n) is 4.68. The van der Waals surface area contributed by atoms with Crippen molar-refractivity contribution in [2.24, 2.45) is 5.92 Å². The van der Waals surface area contributed by atoms with Gasteiger partial charge in [-0.15, -0.1) is 0 Å². The average molecular weight is 240 g/mol. The molecule has 0 aromatic carbocycles. The molecule has 2 fully saturated rings. The third kappa shape index (κ3) is 3.67. The normalized spacial score (nSPS) is 36.0. The number of rotatable bonds is 4. The Balaban J connectivity index is 1.75. The molecule has 3 heteroatoms. The minimum Gasteiger partial charge on any atom is -0.396 e. The van der Waals surface area contributed by atoms with E-state index in [2.05, 4.69) is 17.3 Å². The molecule has 3 nitrogen and oxygen atoms in total. The van der Waals surface area contributed by atoms with E-state index in [0.29, 0.717) is 24.6 Å². The van der Waals surface area contributed by atoms with Crippen molar-refractivity contribution in [3.05, 3.63) is 0 Å². The van der Waals surface area contributed by atoms with Crippen LogP contribution in [-0.2, 0) is 0 Å². The van der Waals surface area contributed by atoms with E-state index in [-0.39, 0.29) is 0 Å². The van der Waals surface area contributed by atoms with Crippen molar-refractivity contribution in [1.29, 1.82) is 0 Å². The molecule has 1 saturated heterocycles. The summed E-state index contributed by atoms with van der Waals surface area (Å²) < 4.78 is 0. The van der Waals surface area contributed by atoms with Crippen molar-refractivity contribution in [2.45, 2.75) is 57.0 Å². The number of likely N-dealkylation sites (N-methyl/N-ethyl adjacent to an activating group) is 1. The molecule has 3 atom stereocenters. The zero-order valence-corrected chi connectivity index (χ0v) is 11.2. The summed E-state index contributed by atoms with van der Waals surface area (Å²) in [6, 6.07) is 1.27. The number of nitrogens with one attached hydrogen (secondary N) is 1. The lowest BCUT2D eigenvalue weighted by molar-refractivity contribution is 0.133. The van der Waals surface area contributed by atoms with Gasteiger partial charge in [-0.3, -0.25) is 0 Å². The molecule has 2 rings (SSSR count). The van der Waals surface area contributed by atoms with Gasteiger partial charge in [0, 0.05) is 25.2 Å². The molecular formula is C14H28N2O. The number of aliphatic hydroxyl groups is 1. The van der Waals surface area contributed by atoms with Gasteiger partial charge in [0.15, 0.2) is 0 Å². The highest BCUT2D eigenvalue weighted by Crippen LogP contribution is 2.24. The van der Waals surface area contributed by atoms with Crippen molar-refractivity contribution < 1.29 is 5.11 Å². The minimum atomic E-state index is 0.359. The van der Waals surface area contributed by atoms with Crippen LogP contribution in [0.25, 0.3) is 0 Å². The van der Waals surface area contributed by atoms with E-state index in [4.69, 9.17) is 0 Å². The van der Waals surface area contributed by atoms with Crippen LogP contribution in [0.5, 0.6) is 0 Å². The third-order valence-corrected chi connectivity index (χ3v) is 4.68. The number of aliphatic hydroxyl groups excluding tert-OH is 1. The Kier molecular flexibility index (Phi) is 5.26. The topological polar surface area (TPSA) is 35.5 Å². The maximum Gasteiger partial charge on any atom is 0.0474 e. The molecule has 17 heavy (non-hydrogen) atoms. The molecule has 0 aromatic heterocycles. The first-order valence-corrected chi connectivity index (χ1v) is 7.35. The summed E-state index contributed by atoms with van der Waals surface area (Å²) in [4.78, 5) is 2.49. The predicted octanol–water partition coefficient (Wildman–Crippen LogP) is 1.61. The number of hydrogen-bond donors (Lipinski definition) is 2.